The molecule has 1 atom stereocenters. The van der Waals surface area contributed by atoms with E-state index in [1.165, 1.54) is 6.08 Å². The Bertz CT molecular complexity index is 465. The van der Waals surface area contributed by atoms with Gasteiger partial charge in [-0.15, -0.1) is 0 Å². The molecule has 0 saturated heterocycles. The van der Waals surface area contributed by atoms with Crippen LogP contribution in [0.3, 0.4) is 0 Å². The van der Waals surface area contributed by atoms with Gasteiger partial charge in [0.1, 0.15) is 0 Å². The van der Waals surface area contributed by atoms with Crippen molar-refractivity contribution in [3.8, 4) is 0 Å². The number of rotatable bonds is 6. The normalized spacial score (nSPS) is 12.3. The Kier molecular flexibility index (Phi) is 5.75. The zero-order chi connectivity index (χ0) is 14.3. The molecule has 0 fully saturated rings. The van der Waals surface area contributed by atoms with Gasteiger partial charge in [-0.3, -0.25) is 4.79 Å². The maximum absolute atomic E-state index is 11.8. The van der Waals surface area contributed by atoms with Crippen LogP contribution in [-0.2, 0) is 9.53 Å². The Labute approximate surface area is 111 Å². The summed E-state index contributed by atoms with van der Waals surface area (Å²) in [6, 6.07) is 6.61. The fraction of sp³-hybridized carbons (Fsp3) is 0.286. The molecule has 1 unspecified atom stereocenters. The molecule has 5 nitrogen and oxygen atoms in total. The molecule has 0 aliphatic rings. The largest absolute Gasteiger partial charge is 0.478 e. The van der Waals surface area contributed by atoms with E-state index >= 15 is 0 Å². The van der Waals surface area contributed by atoms with Gasteiger partial charge in [0.25, 0.3) is 5.91 Å². The summed E-state index contributed by atoms with van der Waals surface area (Å²) in [5.41, 5.74) is 1.25. The monoisotopic (exact) mass is 263 g/mol. The number of hydrogen-bond donors (Lipinski definition) is 2. The van der Waals surface area contributed by atoms with Gasteiger partial charge in [0.2, 0.25) is 0 Å². The van der Waals surface area contributed by atoms with Crippen molar-refractivity contribution >= 4 is 18.0 Å². The van der Waals surface area contributed by atoms with Gasteiger partial charge in [0.15, 0.2) is 0 Å². The molecule has 0 radical (unpaired) electrons. The van der Waals surface area contributed by atoms with E-state index in [-0.39, 0.29) is 11.9 Å². The molecular weight excluding hydrogens is 246 g/mol. The van der Waals surface area contributed by atoms with Crippen molar-refractivity contribution in [3.05, 3.63) is 41.5 Å². The molecule has 1 rings (SSSR count). The third-order valence-corrected chi connectivity index (χ3v) is 2.39. The van der Waals surface area contributed by atoms with Crippen molar-refractivity contribution in [3.63, 3.8) is 0 Å². The summed E-state index contributed by atoms with van der Waals surface area (Å²) < 4.78 is 4.93. The van der Waals surface area contributed by atoms with Gasteiger partial charge in [-0.2, -0.15) is 0 Å². The highest BCUT2D eigenvalue weighted by molar-refractivity contribution is 5.94. The summed E-state index contributed by atoms with van der Waals surface area (Å²) in [4.78, 5) is 22.2. The second-order valence-corrected chi connectivity index (χ2v) is 4.12. The first kappa shape index (κ1) is 14.9. The summed E-state index contributed by atoms with van der Waals surface area (Å²) in [5.74, 6) is -1.19. The van der Waals surface area contributed by atoms with Crippen molar-refractivity contribution in [2.75, 3.05) is 13.7 Å². The summed E-state index contributed by atoms with van der Waals surface area (Å²) in [6.45, 7) is 2.30. The molecule has 0 spiro atoms. The number of nitrogens with one attached hydrogen (secondary N) is 1. The summed E-state index contributed by atoms with van der Waals surface area (Å²) >= 11 is 0. The first-order valence-corrected chi connectivity index (χ1v) is 5.84. The van der Waals surface area contributed by atoms with E-state index in [0.29, 0.717) is 12.2 Å². The minimum absolute atomic E-state index is 0.0657. The summed E-state index contributed by atoms with van der Waals surface area (Å²) in [6.07, 6.45) is 2.52. The second-order valence-electron chi connectivity index (χ2n) is 4.12. The van der Waals surface area contributed by atoms with Crippen molar-refractivity contribution in [1.82, 2.24) is 5.32 Å². The molecule has 0 aliphatic heterocycles. The smallest absolute Gasteiger partial charge is 0.328 e. The molecule has 0 aromatic heterocycles. The highest BCUT2D eigenvalue weighted by Crippen LogP contribution is 2.06. The zero-order valence-corrected chi connectivity index (χ0v) is 10.9. The van der Waals surface area contributed by atoms with Crippen molar-refractivity contribution in [2.45, 2.75) is 13.0 Å². The molecule has 2 N–H and O–H groups in total. The lowest BCUT2D eigenvalue weighted by Gasteiger charge is -2.12. The molecule has 1 amide bonds. The van der Waals surface area contributed by atoms with Gasteiger partial charge >= 0.3 is 5.97 Å². The lowest BCUT2D eigenvalue weighted by Crippen LogP contribution is -2.35. The van der Waals surface area contributed by atoms with Crippen LogP contribution in [0.4, 0.5) is 0 Å². The van der Waals surface area contributed by atoms with Crippen LogP contribution in [0.5, 0.6) is 0 Å². The predicted molar refractivity (Wildman–Crippen MR) is 71.9 cm³/mol. The fourth-order valence-corrected chi connectivity index (χ4v) is 1.51. The Balaban J connectivity index is 2.65. The summed E-state index contributed by atoms with van der Waals surface area (Å²) in [5, 5.41) is 11.3. The highest BCUT2D eigenvalue weighted by atomic mass is 16.5. The number of hydrogen-bond acceptors (Lipinski definition) is 3. The van der Waals surface area contributed by atoms with E-state index in [9.17, 15) is 9.59 Å². The quantitative estimate of drug-likeness (QED) is 0.763. The van der Waals surface area contributed by atoms with E-state index < -0.39 is 5.97 Å². The molecular formula is C14H17NO4. The average molecular weight is 263 g/mol. The number of aliphatic carboxylic acids is 1. The highest BCUT2D eigenvalue weighted by Gasteiger charge is 2.08. The van der Waals surface area contributed by atoms with Gasteiger partial charge in [0.05, 0.1) is 6.61 Å². The fourth-order valence-electron chi connectivity index (χ4n) is 1.51. The number of carbonyl (C=O) groups is 2. The molecule has 1 aromatic carbocycles. The van der Waals surface area contributed by atoms with E-state index in [2.05, 4.69) is 5.32 Å². The molecule has 0 bridgehead atoms. The van der Waals surface area contributed by atoms with Gasteiger partial charge < -0.3 is 15.2 Å². The van der Waals surface area contributed by atoms with E-state index in [4.69, 9.17) is 9.84 Å². The Hall–Kier alpha value is -2.14. The van der Waals surface area contributed by atoms with Gasteiger partial charge in [-0.1, -0.05) is 12.1 Å². The standard InChI is InChI=1S/C14H17NO4/c1-10(9-19-2)15-14(18)12-6-3-11(4-7-12)5-8-13(16)17/h3-8,10H,9H2,1-2H3,(H,15,18)(H,16,17)/b8-5+. The second kappa shape index (κ2) is 7.33. The minimum atomic E-state index is -1.00. The van der Waals surface area contributed by atoms with Crippen LogP contribution >= 0.6 is 0 Å². The SMILES string of the molecule is COCC(C)NC(=O)c1ccc(/C=C/C(=O)O)cc1. The maximum Gasteiger partial charge on any atom is 0.328 e. The van der Waals surface area contributed by atoms with Crippen LogP contribution in [0.1, 0.15) is 22.8 Å². The predicted octanol–water partition coefficient (Wildman–Crippen LogP) is 1.55. The first-order valence-electron chi connectivity index (χ1n) is 5.84. The Morgan fingerprint density at radius 1 is 1.37 bits per heavy atom. The van der Waals surface area contributed by atoms with Crippen molar-refractivity contribution in [1.29, 1.82) is 0 Å². The van der Waals surface area contributed by atoms with Crippen LogP contribution in [0.15, 0.2) is 30.3 Å². The molecule has 0 heterocycles. The molecule has 102 valence electrons. The van der Waals surface area contributed by atoms with Crippen molar-refractivity contribution < 1.29 is 19.4 Å². The Morgan fingerprint density at radius 2 is 2.00 bits per heavy atom. The van der Waals surface area contributed by atoms with Crippen molar-refractivity contribution in [2.24, 2.45) is 0 Å². The van der Waals surface area contributed by atoms with Crippen LogP contribution < -0.4 is 5.32 Å². The first-order chi connectivity index (χ1) is 9.02. The van der Waals surface area contributed by atoms with E-state index in [1.54, 1.807) is 31.4 Å². The topological polar surface area (TPSA) is 75.6 Å². The molecule has 19 heavy (non-hydrogen) atoms. The minimum Gasteiger partial charge on any atom is -0.478 e. The lowest BCUT2D eigenvalue weighted by molar-refractivity contribution is -0.131. The van der Waals surface area contributed by atoms with E-state index in [1.807, 2.05) is 6.92 Å². The molecule has 0 saturated carbocycles. The molecule has 5 heteroatoms. The van der Waals surface area contributed by atoms with Gasteiger partial charge in [0, 0.05) is 24.8 Å². The number of ether oxygens (including phenoxy) is 1. The molecule has 0 aliphatic carbocycles. The number of benzene rings is 1. The zero-order valence-electron chi connectivity index (χ0n) is 10.9. The van der Waals surface area contributed by atoms with Gasteiger partial charge in [-0.05, 0) is 30.7 Å². The lowest BCUT2D eigenvalue weighted by atomic mass is 10.1. The van der Waals surface area contributed by atoms with Gasteiger partial charge in [-0.25, -0.2) is 4.79 Å². The van der Waals surface area contributed by atoms with Crippen LogP contribution in [-0.4, -0.2) is 36.7 Å². The third kappa shape index (κ3) is 5.35. The average Bonchev–Trinajstić information content (AvgIpc) is 2.37. The van der Waals surface area contributed by atoms with Crippen LogP contribution in [0, 0.1) is 0 Å². The number of carbonyl (C=O) groups excluding carboxylic acids is 1. The molecule has 1 aromatic rings. The number of carboxylic acids is 1. The summed E-state index contributed by atoms with van der Waals surface area (Å²) in [7, 11) is 1.58. The maximum atomic E-state index is 11.8. The van der Waals surface area contributed by atoms with E-state index in [0.717, 1.165) is 11.6 Å². The van der Waals surface area contributed by atoms with Crippen LogP contribution in [0.2, 0.25) is 0 Å². The van der Waals surface area contributed by atoms with Crippen LogP contribution in [0.25, 0.3) is 6.08 Å². The third-order valence-electron chi connectivity index (χ3n) is 2.39. The number of amides is 1. The Morgan fingerprint density at radius 3 is 2.53 bits per heavy atom. The number of methoxy groups -OCH3 is 1. The number of carboxylic acid groups (broad SMARTS) is 1.